The van der Waals surface area contributed by atoms with Crippen molar-refractivity contribution < 1.29 is 43.7 Å². The van der Waals surface area contributed by atoms with Gasteiger partial charge in [-0.3, -0.25) is 10.1 Å². The molecule has 4 aromatic rings. The predicted octanol–water partition coefficient (Wildman–Crippen LogP) is 9.07. The van der Waals surface area contributed by atoms with E-state index in [-0.39, 0.29) is 56.3 Å². The van der Waals surface area contributed by atoms with Crippen molar-refractivity contribution in [3.05, 3.63) is 130 Å². The van der Waals surface area contributed by atoms with Crippen molar-refractivity contribution in [1.29, 1.82) is 0 Å². The molecule has 7 rings (SSSR count). The van der Waals surface area contributed by atoms with Crippen LogP contribution >= 0.6 is 0 Å². The van der Waals surface area contributed by atoms with Gasteiger partial charge in [0.2, 0.25) is 5.79 Å². The molecule has 0 saturated heterocycles. The zero-order chi connectivity index (χ0) is 42.2. The SMILES string of the molecule is C=CCOC12Oc3ccc(Oc4ccc5ccccc5c4)cc3C3C(CCCCO)C(CCCCO)C=C(C(=NOCc4ccc([N+](=O)[O-])cc4)CC1N(C)C(=O)OC)C32. The molecule has 1 fully saturated rings. The van der Waals surface area contributed by atoms with Crippen molar-refractivity contribution in [2.75, 3.05) is 34.0 Å². The molecule has 6 unspecified atom stereocenters. The summed E-state index contributed by atoms with van der Waals surface area (Å²) in [6.07, 6.45) is 7.97. The number of fused-ring (bicyclic) bond motifs is 3. The molecule has 0 radical (unpaired) electrons. The lowest BCUT2D eigenvalue weighted by Crippen LogP contribution is -2.69. The van der Waals surface area contributed by atoms with Gasteiger partial charge in [-0.1, -0.05) is 60.5 Å². The summed E-state index contributed by atoms with van der Waals surface area (Å²) in [7, 11) is 2.99. The number of nitro groups is 1. The largest absolute Gasteiger partial charge is 0.459 e. The standard InChI is InChI=1S/C47H53N3O10/c1-4-25-57-47-43(49(2)46(53)56-3)29-41(48-58-30-31-15-18-35(19-16-31)50(54)55)39-27-34(13-7-9-23-51)38(14-8-10-24-52)44(45(39)47)40-28-37(21-22-42(40)60-47)59-36-20-17-32-11-5-6-12-33(32)26-36/h4-6,11-12,15-22,26-28,34,38,43-45,51-52H,1,7-10,13-14,23-25,29-30H2,2-3H3. The van der Waals surface area contributed by atoms with Crippen LogP contribution in [-0.2, 0) is 20.9 Å². The molecular weight excluding hydrogens is 767 g/mol. The Bertz CT molecular complexity index is 2220. The van der Waals surface area contributed by atoms with Crippen LogP contribution in [0.3, 0.4) is 0 Å². The van der Waals surface area contributed by atoms with Gasteiger partial charge in [-0.25, -0.2) is 4.79 Å². The molecule has 2 aliphatic carbocycles. The van der Waals surface area contributed by atoms with E-state index in [0.717, 1.165) is 47.6 Å². The first-order valence-corrected chi connectivity index (χ1v) is 20.6. The summed E-state index contributed by atoms with van der Waals surface area (Å²) >= 11 is 0. The number of benzene rings is 4. The highest BCUT2D eigenvalue weighted by molar-refractivity contribution is 6.03. The highest BCUT2D eigenvalue weighted by Crippen LogP contribution is 2.62. The molecule has 60 heavy (non-hydrogen) atoms. The number of likely N-dealkylation sites (N-methyl/N-ethyl adjacent to an activating group) is 1. The third kappa shape index (κ3) is 8.74. The van der Waals surface area contributed by atoms with E-state index in [0.29, 0.717) is 41.4 Å². The third-order valence-corrected chi connectivity index (χ3v) is 12.1. The number of oxime groups is 1. The highest BCUT2D eigenvalue weighted by atomic mass is 16.7. The van der Waals surface area contributed by atoms with E-state index in [1.165, 1.54) is 24.1 Å². The Balaban J connectivity index is 1.38. The van der Waals surface area contributed by atoms with Crippen LogP contribution in [0.1, 0.15) is 62.0 Å². The monoisotopic (exact) mass is 819 g/mol. The average Bonchev–Trinajstić information content (AvgIpc) is 3.26. The Hall–Kier alpha value is -5.76. The van der Waals surface area contributed by atoms with Crippen LogP contribution in [0.4, 0.5) is 10.5 Å². The summed E-state index contributed by atoms with van der Waals surface area (Å²) in [4.78, 5) is 31.9. The van der Waals surface area contributed by atoms with Crippen LogP contribution in [0.5, 0.6) is 17.2 Å². The predicted molar refractivity (Wildman–Crippen MR) is 227 cm³/mol. The van der Waals surface area contributed by atoms with Gasteiger partial charge in [0.1, 0.15) is 29.9 Å². The Morgan fingerprint density at radius 1 is 0.983 bits per heavy atom. The van der Waals surface area contributed by atoms with Crippen molar-refractivity contribution in [3.8, 4) is 17.2 Å². The number of non-ortho nitro benzene ring substituents is 1. The van der Waals surface area contributed by atoms with Crippen LogP contribution < -0.4 is 9.47 Å². The minimum Gasteiger partial charge on any atom is -0.459 e. The molecule has 13 nitrogen and oxygen atoms in total. The Labute approximate surface area is 350 Å². The number of allylic oxidation sites excluding steroid dienone is 1. The number of aliphatic hydroxyl groups excluding tert-OH is 2. The van der Waals surface area contributed by atoms with E-state index < -0.39 is 28.8 Å². The van der Waals surface area contributed by atoms with Crippen molar-refractivity contribution in [2.45, 2.75) is 69.3 Å². The molecule has 1 amide bonds. The number of aliphatic hydroxyl groups is 2. The second kappa shape index (κ2) is 19.1. The summed E-state index contributed by atoms with van der Waals surface area (Å²) in [6.45, 7) is 4.29. The molecule has 0 spiro atoms. The molecular formula is C47H53N3O10. The molecule has 1 heterocycles. The first kappa shape index (κ1) is 42.4. The molecule has 13 heteroatoms. The summed E-state index contributed by atoms with van der Waals surface area (Å²) in [5, 5.41) is 38.0. The zero-order valence-corrected chi connectivity index (χ0v) is 34.1. The van der Waals surface area contributed by atoms with Gasteiger partial charge in [-0.05, 0) is 102 Å². The second-order valence-corrected chi connectivity index (χ2v) is 15.7. The number of hydrogen-bond donors (Lipinski definition) is 2. The van der Waals surface area contributed by atoms with Gasteiger partial charge in [0.15, 0.2) is 0 Å². The Morgan fingerprint density at radius 2 is 1.70 bits per heavy atom. The van der Waals surface area contributed by atoms with Crippen molar-refractivity contribution in [3.63, 3.8) is 0 Å². The lowest BCUT2D eigenvalue weighted by molar-refractivity contribution is -0.384. The number of unbranched alkanes of at least 4 members (excludes halogenated alkanes) is 2. The van der Waals surface area contributed by atoms with E-state index in [4.69, 9.17) is 28.9 Å². The fourth-order valence-electron chi connectivity index (χ4n) is 9.33. The normalized spacial score (nSPS) is 23.4. The van der Waals surface area contributed by atoms with E-state index in [1.807, 2.05) is 42.5 Å². The quantitative estimate of drug-likeness (QED) is 0.0429. The first-order valence-electron chi connectivity index (χ1n) is 20.6. The third-order valence-electron chi connectivity index (χ3n) is 12.1. The Kier molecular flexibility index (Phi) is 13.5. The number of amides is 1. The minimum absolute atomic E-state index is 0.0236. The highest BCUT2D eigenvalue weighted by Gasteiger charge is 2.65. The van der Waals surface area contributed by atoms with Crippen LogP contribution in [0, 0.1) is 27.9 Å². The smallest absolute Gasteiger partial charge is 0.409 e. The van der Waals surface area contributed by atoms with Gasteiger partial charge in [0.25, 0.3) is 5.69 Å². The molecule has 1 aliphatic heterocycles. The summed E-state index contributed by atoms with van der Waals surface area (Å²) < 4.78 is 25.9. The van der Waals surface area contributed by atoms with Gasteiger partial charge in [0.05, 0.1) is 30.3 Å². The van der Waals surface area contributed by atoms with Gasteiger partial charge >= 0.3 is 6.09 Å². The van der Waals surface area contributed by atoms with Gasteiger partial charge < -0.3 is 38.9 Å². The summed E-state index contributed by atoms with van der Waals surface area (Å²) in [5.74, 6) is -0.193. The zero-order valence-electron chi connectivity index (χ0n) is 34.1. The average molecular weight is 820 g/mol. The second-order valence-electron chi connectivity index (χ2n) is 15.7. The molecule has 2 N–H and O–H groups in total. The van der Waals surface area contributed by atoms with E-state index in [9.17, 15) is 25.1 Å². The van der Waals surface area contributed by atoms with Crippen LogP contribution in [-0.4, -0.2) is 77.6 Å². The molecule has 6 atom stereocenters. The minimum atomic E-state index is -1.43. The Morgan fingerprint density at radius 3 is 2.42 bits per heavy atom. The number of nitro benzene ring substituents is 1. The summed E-state index contributed by atoms with van der Waals surface area (Å²) in [5.41, 5.74) is 3.09. The van der Waals surface area contributed by atoms with Crippen LogP contribution in [0.25, 0.3) is 10.8 Å². The number of rotatable bonds is 18. The number of nitrogens with zero attached hydrogens (tertiary/aromatic N) is 3. The van der Waals surface area contributed by atoms with E-state index in [1.54, 1.807) is 25.3 Å². The molecule has 3 aliphatic rings. The maximum atomic E-state index is 13.5. The van der Waals surface area contributed by atoms with Gasteiger partial charge in [-0.15, -0.1) is 6.58 Å². The van der Waals surface area contributed by atoms with Gasteiger partial charge in [0, 0.05) is 50.3 Å². The maximum absolute atomic E-state index is 13.5. The fourth-order valence-corrected chi connectivity index (χ4v) is 9.33. The van der Waals surface area contributed by atoms with Crippen molar-refractivity contribution in [1.82, 2.24) is 4.90 Å². The lowest BCUT2D eigenvalue weighted by atomic mass is 9.55. The van der Waals surface area contributed by atoms with Crippen molar-refractivity contribution in [2.24, 2.45) is 22.9 Å². The molecule has 0 bridgehead atoms. The summed E-state index contributed by atoms with van der Waals surface area (Å²) in [6, 6.07) is 25.3. The van der Waals surface area contributed by atoms with Crippen LogP contribution in [0.2, 0.25) is 0 Å². The number of carbonyl (C=O) groups excluding carboxylic acids is 1. The number of ether oxygens (including phenoxy) is 4. The van der Waals surface area contributed by atoms with E-state index >= 15 is 0 Å². The molecule has 4 aromatic carbocycles. The maximum Gasteiger partial charge on any atom is 0.409 e. The number of hydrogen-bond acceptors (Lipinski definition) is 11. The number of carbonyl (C=O) groups is 1. The molecule has 316 valence electrons. The molecule has 0 aromatic heterocycles. The topological polar surface area (TPSA) is 162 Å². The lowest BCUT2D eigenvalue weighted by Gasteiger charge is -2.59. The first-order chi connectivity index (χ1) is 29.2. The van der Waals surface area contributed by atoms with Crippen LogP contribution in [0.15, 0.2) is 114 Å². The fraction of sp³-hybridized carbons (Fsp3) is 0.404. The number of methoxy groups -OCH3 is 1. The van der Waals surface area contributed by atoms with Crippen molar-refractivity contribution >= 4 is 28.3 Å². The van der Waals surface area contributed by atoms with Gasteiger partial charge in [-0.2, -0.15) is 0 Å². The molecule has 1 saturated carbocycles. The van der Waals surface area contributed by atoms with E-state index in [2.05, 4.69) is 30.9 Å².